The van der Waals surface area contributed by atoms with Crippen molar-refractivity contribution in [2.45, 2.75) is 45.7 Å². The first-order valence-electron chi connectivity index (χ1n) is 11.8. The summed E-state index contributed by atoms with van der Waals surface area (Å²) < 4.78 is 0. The molecular weight excluding hydrogens is 531 g/mol. The van der Waals surface area contributed by atoms with Crippen LogP contribution >= 0.6 is 24.0 Å². The van der Waals surface area contributed by atoms with Crippen molar-refractivity contribution in [1.29, 1.82) is 0 Å². The number of rotatable bonds is 7. The van der Waals surface area contributed by atoms with Crippen LogP contribution in [0, 0.1) is 0 Å². The maximum atomic E-state index is 12.6. The lowest BCUT2D eigenvalue weighted by Crippen LogP contribution is -2.54. The Balaban J connectivity index is 0.00000385. The van der Waals surface area contributed by atoms with E-state index in [1.807, 2.05) is 24.8 Å². The summed E-state index contributed by atoms with van der Waals surface area (Å²) in [4.78, 5) is 35.4. The maximum absolute atomic E-state index is 12.6. The van der Waals surface area contributed by atoms with E-state index in [2.05, 4.69) is 43.6 Å². The monoisotopic (exact) mass is 570 g/mol. The molecule has 2 N–H and O–H groups in total. The van der Waals surface area contributed by atoms with Crippen molar-refractivity contribution in [2.24, 2.45) is 4.99 Å². The van der Waals surface area contributed by atoms with Gasteiger partial charge in [-0.05, 0) is 37.8 Å². The summed E-state index contributed by atoms with van der Waals surface area (Å²) in [6.45, 7) is 9.99. The van der Waals surface area contributed by atoms with Gasteiger partial charge in [0.1, 0.15) is 0 Å². The Hall–Kier alpha value is -1.88. The molecule has 33 heavy (non-hydrogen) atoms. The fourth-order valence-corrected chi connectivity index (χ4v) is 4.33. The zero-order valence-corrected chi connectivity index (χ0v) is 22.5. The number of nitrogens with one attached hydrogen (secondary N) is 2. The molecule has 3 rings (SSSR count). The Morgan fingerprint density at radius 1 is 1.03 bits per heavy atom. The highest BCUT2D eigenvalue weighted by Crippen LogP contribution is 2.19. The van der Waals surface area contributed by atoms with Crippen molar-refractivity contribution < 1.29 is 9.59 Å². The lowest BCUT2D eigenvalue weighted by molar-refractivity contribution is -0.132. The fraction of sp³-hybridized carbons (Fsp3) is 0.625. The Morgan fingerprint density at radius 3 is 2.39 bits per heavy atom. The molecule has 1 saturated heterocycles. The van der Waals surface area contributed by atoms with Crippen molar-refractivity contribution >= 4 is 41.8 Å². The van der Waals surface area contributed by atoms with Gasteiger partial charge in [-0.3, -0.25) is 19.5 Å². The molecule has 8 nitrogen and oxygen atoms in total. The van der Waals surface area contributed by atoms with Gasteiger partial charge in [-0.1, -0.05) is 24.3 Å². The highest BCUT2D eigenvalue weighted by Gasteiger charge is 2.22. The van der Waals surface area contributed by atoms with E-state index in [-0.39, 0.29) is 41.8 Å². The van der Waals surface area contributed by atoms with Gasteiger partial charge in [0.15, 0.2) is 5.96 Å². The number of hydrogen-bond donors (Lipinski definition) is 2. The van der Waals surface area contributed by atoms with Crippen LogP contribution < -0.4 is 10.6 Å². The second-order valence-electron chi connectivity index (χ2n) is 8.90. The molecule has 1 aromatic rings. The van der Waals surface area contributed by atoms with Crippen LogP contribution in [-0.2, 0) is 22.6 Å². The third-order valence-electron chi connectivity index (χ3n) is 6.03. The van der Waals surface area contributed by atoms with Gasteiger partial charge >= 0.3 is 0 Å². The van der Waals surface area contributed by atoms with Crippen LogP contribution in [0.25, 0.3) is 0 Å². The molecular formula is C24H39IN6O2. The van der Waals surface area contributed by atoms with Crippen molar-refractivity contribution in [3.05, 3.63) is 35.4 Å². The fourth-order valence-electron chi connectivity index (χ4n) is 4.33. The maximum Gasteiger partial charge on any atom is 0.234 e. The molecule has 1 fully saturated rings. The SMILES string of the molecule is CN=C(NCCCC(=O)N1CCc2ccccc2C1)N1CCN(CC(=O)NC(C)C)CC1.I. The van der Waals surface area contributed by atoms with Crippen LogP contribution in [0.1, 0.15) is 37.8 Å². The first kappa shape index (κ1) is 27.4. The minimum absolute atomic E-state index is 0. The molecule has 0 bridgehead atoms. The van der Waals surface area contributed by atoms with Gasteiger partial charge in [0.05, 0.1) is 6.54 Å². The largest absolute Gasteiger partial charge is 0.356 e. The highest BCUT2D eigenvalue weighted by molar-refractivity contribution is 14.0. The van der Waals surface area contributed by atoms with Gasteiger partial charge in [-0.15, -0.1) is 24.0 Å². The third-order valence-corrected chi connectivity index (χ3v) is 6.03. The number of nitrogens with zero attached hydrogens (tertiary/aromatic N) is 4. The van der Waals surface area contributed by atoms with Crippen LogP contribution in [-0.4, -0.2) is 91.4 Å². The smallest absolute Gasteiger partial charge is 0.234 e. The summed E-state index contributed by atoms with van der Waals surface area (Å²) in [7, 11) is 1.79. The molecule has 0 saturated carbocycles. The van der Waals surface area contributed by atoms with E-state index >= 15 is 0 Å². The van der Waals surface area contributed by atoms with Gasteiger partial charge in [-0.25, -0.2) is 0 Å². The van der Waals surface area contributed by atoms with Crippen LogP contribution in [0.2, 0.25) is 0 Å². The molecule has 0 unspecified atom stereocenters. The van der Waals surface area contributed by atoms with Crippen molar-refractivity contribution in [3.63, 3.8) is 0 Å². The summed E-state index contributed by atoms with van der Waals surface area (Å²) in [5, 5.41) is 6.35. The quantitative estimate of drug-likeness (QED) is 0.226. The molecule has 0 spiro atoms. The minimum atomic E-state index is 0. The Kier molecular flexibility index (Phi) is 11.4. The number of halogens is 1. The number of fused-ring (bicyclic) bond motifs is 1. The standard InChI is InChI=1S/C24H38N6O2.HI/c1-19(2)27-22(31)18-28-13-15-29(16-14-28)24(25-3)26-11-6-9-23(32)30-12-10-20-7-4-5-8-21(20)17-30;/h4-5,7-8,19H,6,9-18H2,1-3H3,(H,25,26)(H,27,31);1H. The molecule has 2 aliphatic heterocycles. The average molecular weight is 571 g/mol. The normalized spacial score (nSPS) is 16.8. The van der Waals surface area contributed by atoms with Crippen molar-refractivity contribution in [1.82, 2.24) is 25.3 Å². The van der Waals surface area contributed by atoms with Gasteiger partial charge in [0.25, 0.3) is 0 Å². The second-order valence-corrected chi connectivity index (χ2v) is 8.90. The Labute approximate surface area is 215 Å². The van der Waals surface area contributed by atoms with Crippen molar-refractivity contribution in [2.75, 3.05) is 52.9 Å². The van der Waals surface area contributed by atoms with Crippen LogP contribution in [0.5, 0.6) is 0 Å². The molecule has 0 aliphatic carbocycles. The van der Waals surface area contributed by atoms with Gasteiger partial charge in [0.2, 0.25) is 11.8 Å². The zero-order chi connectivity index (χ0) is 22.9. The molecule has 0 aromatic heterocycles. The summed E-state index contributed by atoms with van der Waals surface area (Å²) >= 11 is 0. The molecule has 0 radical (unpaired) electrons. The lowest BCUT2D eigenvalue weighted by atomic mass is 9.99. The molecule has 2 heterocycles. The number of guanidine groups is 1. The second kappa shape index (κ2) is 13.7. The van der Waals surface area contributed by atoms with Crippen molar-refractivity contribution in [3.8, 4) is 0 Å². The predicted molar refractivity (Wildman–Crippen MR) is 143 cm³/mol. The number of aliphatic imine (C=N–C) groups is 1. The van der Waals surface area contributed by atoms with E-state index in [4.69, 9.17) is 0 Å². The lowest BCUT2D eigenvalue weighted by Gasteiger charge is -2.36. The van der Waals surface area contributed by atoms with E-state index in [0.717, 1.165) is 64.6 Å². The number of hydrogen-bond acceptors (Lipinski definition) is 4. The number of piperazine rings is 1. The first-order chi connectivity index (χ1) is 15.5. The summed E-state index contributed by atoms with van der Waals surface area (Å²) in [6, 6.07) is 8.56. The predicted octanol–water partition coefficient (Wildman–Crippen LogP) is 1.69. The Bertz CT molecular complexity index is 808. The number of carbonyl (C=O) groups is 2. The summed E-state index contributed by atoms with van der Waals surface area (Å²) in [5.41, 5.74) is 2.63. The van der Waals surface area contributed by atoms with Crippen LogP contribution in [0.15, 0.2) is 29.3 Å². The minimum Gasteiger partial charge on any atom is -0.356 e. The summed E-state index contributed by atoms with van der Waals surface area (Å²) in [6.07, 6.45) is 2.27. The van der Waals surface area contributed by atoms with Crippen LogP contribution in [0.3, 0.4) is 0 Å². The van der Waals surface area contributed by atoms with E-state index in [1.54, 1.807) is 7.05 Å². The molecule has 9 heteroatoms. The highest BCUT2D eigenvalue weighted by atomic mass is 127. The average Bonchev–Trinajstić information content (AvgIpc) is 2.79. The van der Waals surface area contributed by atoms with Gasteiger partial charge in [0, 0.05) is 65.3 Å². The van der Waals surface area contributed by atoms with Gasteiger partial charge in [-0.2, -0.15) is 0 Å². The van der Waals surface area contributed by atoms with E-state index < -0.39 is 0 Å². The van der Waals surface area contributed by atoms with E-state index in [0.29, 0.717) is 13.0 Å². The molecule has 0 atom stereocenters. The number of carbonyl (C=O) groups excluding carboxylic acids is 2. The Morgan fingerprint density at radius 2 is 1.73 bits per heavy atom. The topological polar surface area (TPSA) is 80.3 Å². The first-order valence-corrected chi connectivity index (χ1v) is 11.8. The molecule has 1 aromatic carbocycles. The molecule has 2 amide bonds. The molecule has 2 aliphatic rings. The van der Waals surface area contributed by atoms with E-state index in [1.165, 1.54) is 11.1 Å². The van der Waals surface area contributed by atoms with E-state index in [9.17, 15) is 9.59 Å². The molecule has 184 valence electrons. The number of amides is 2. The summed E-state index contributed by atoms with van der Waals surface area (Å²) in [5.74, 6) is 1.18. The third kappa shape index (κ3) is 8.44. The zero-order valence-electron chi connectivity index (χ0n) is 20.2. The number of benzene rings is 1. The van der Waals surface area contributed by atoms with Gasteiger partial charge < -0.3 is 20.4 Å². The van der Waals surface area contributed by atoms with Crippen LogP contribution in [0.4, 0.5) is 0 Å².